The van der Waals surface area contributed by atoms with Crippen LogP contribution in [0.3, 0.4) is 0 Å². The fourth-order valence-electron chi connectivity index (χ4n) is 3.00. The molecule has 1 fully saturated rings. The topological polar surface area (TPSA) is 67.6 Å². The van der Waals surface area contributed by atoms with Crippen molar-refractivity contribution in [3.8, 4) is 0 Å². The van der Waals surface area contributed by atoms with E-state index in [4.69, 9.17) is 4.74 Å². The predicted molar refractivity (Wildman–Crippen MR) is 83.7 cm³/mol. The number of nitrogens with zero attached hydrogens (tertiary/aromatic N) is 3. The smallest absolute Gasteiger partial charge is 0.411 e. The van der Waals surface area contributed by atoms with Crippen LogP contribution >= 0.6 is 0 Å². The SMILES string of the molecule is Cc1nn(C2CCCN2C(=O)OC(C)(C)C)c(C)c1CCO. The van der Waals surface area contributed by atoms with Crippen molar-refractivity contribution in [1.29, 1.82) is 0 Å². The van der Waals surface area contributed by atoms with Crippen LogP contribution < -0.4 is 0 Å². The van der Waals surface area contributed by atoms with E-state index in [1.807, 2.05) is 39.3 Å². The Morgan fingerprint density at radius 1 is 1.41 bits per heavy atom. The van der Waals surface area contributed by atoms with Gasteiger partial charge in [-0.05, 0) is 59.4 Å². The van der Waals surface area contributed by atoms with Gasteiger partial charge in [-0.2, -0.15) is 5.10 Å². The number of carbonyl (C=O) groups is 1. The van der Waals surface area contributed by atoms with Crippen molar-refractivity contribution in [3.63, 3.8) is 0 Å². The molecule has 1 aromatic rings. The summed E-state index contributed by atoms with van der Waals surface area (Å²) in [6, 6.07) is 0. The molecule has 0 bridgehead atoms. The van der Waals surface area contributed by atoms with E-state index in [9.17, 15) is 9.90 Å². The highest BCUT2D eigenvalue weighted by Gasteiger charge is 2.35. The third-order valence-corrected chi connectivity index (χ3v) is 3.97. The molecule has 0 spiro atoms. The summed E-state index contributed by atoms with van der Waals surface area (Å²) in [6.07, 6.45) is 2.03. The number of hydrogen-bond donors (Lipinski definition) is 1. The molecule has 22 heavy (non-hydrogen) atoms. The summed E-state index contributed by atoms with van der Waals surface area (Å²) in [5.41, 5.74) is 2.51. The van der Waals surface area contributed by atoms with Gasteiger partial charge in [-0.25, -0.2) is 9.48 Å². The average molecular weight is 309 g/mol. The van der Waals surface area contributed by atoms with Gasteiger partial charge in [0.25, 0.3) is 0 Å². The number of aliphatic hydroxyl groups excluding tert-OH is 1. The Hall–Kier alpha value is -1.56. The van der Waals surface area contributed by atoms with Gasteiger partial charge in [0.05, 0.1) is 5.69 Å². The number of aliphatic hydroxyl groups is 1. The van der Waals surface area contributed by atoms with Crippen molar-refractivity contribution in [1.82, 2.24) is 14.7 Å². The lowest BCUT2D eigenvalue weighted by atomic mass is 10.1. The van der Waals surface area contributed by atoms with E-state index in [0.29, 0.717) is 13.0 Å². The molecule has 0 saturated carbocycles. The van der Waals surface area contributed by atoms with Crippen molar-refractivity contribution in [2.24, 2.45) is 0 Å². The molecule has 2 rings (SSSR count). The lowest BCUT2D eigenvalue weighted by molar-refractivity contribution is 0.0147. The first-order valence-electron chi connectivity index (χ1n) is 7.89. The minimum absolute atomic E-state index is 0.0963. The van der Waals surface area contributed by atoms with E-state index in [1.165, 1.54) is 0 Å². The quantitative estimate of drug-likeness (QED) is 0.932. The molecule has 6 nitrogen and oxygen atoms in total. The van der Waals surface area contributed by atoms with Crippen molar-refractivity contribution >= 4 is 6.09 Å². The van der Waals surface area contributed by atoms with Gasteiger partial charge in [0.1, 0.15) is 11.8 Å². The number of hydrogen-bond acceptors (Lipinski definition) is 4. The average Bonchev–Trinajstić information content (AvgIpc) is 2.96. The molecule has 0 aliphatic carbocycles. The number of amides is 1. The summed E-state index contributed by atoms with van der Waals surface area (Å²) in [4.78, 5) is 14.2. The molecule has 1 saturated heterocycles. The first-order chi connectivity index (χ1) is 10.2. The summed E-state index contributed by atoms with van der Waals surface area (Å²) in [5, 5.41) is 13.8. The maximum Gasteiger partial charge on any atom is 0.411 e. The Labute approximate surface area is 132 Å². The van der Waals surface area contributed by atoms with Gasteiger partial charge >= 0.3 is 6.09 Å². The second-order valence-electron chi connectivity index (χ2n) is 6.86. The zero-order valence-corrected chi connectivity index (χ0v) is 14.2. The second-order valence-corrected chi connectivity index (χ2v) is 6.86. The minimum Gasteiger partial charge on any atom is -0.444 e. The minimum atomic E-state index is -0.499. The largest absolute Gasteiger partial charge is 0.444 e. The predicted octanol–water partition coefficient (Wildman–Crippen LogP) is 2.56. The van der Waals surface area contributed by atoms with Crippen LogP contribution in [-0.2, 0) is 11.2 Å². The van der Waals surface area contributed by atoms with Crippen LogP contribution in [0.25, 0.3) is 0 Å². The first-order valence-corrected chi connectivity index (χ1v) is 7.89. The van der Waals surface area contributed by atoms with Gasteiger partial charge in [0.2, 0.25) is 0 Å². The van der Waals surface area contributed by atoms with Crippen LogP contribution in [0.2, 0.25) is 0 Å². The monoisotopic (exact) mass is 309 g/mol. The van der Waals surface area contributed by atoms with E-state index in [1.54, 1.807) is 4.90 Å². The third kappa shape index (κ3) is 3.43. The summed E-state index contributed by atoms with van der Waals surface area (Å²) in [7, 11) is 0. The molecular weight excluding hydrogens is 282 g/mol. The van der Waals surface area contributed by atoms with E-state index in [2.05, 4.69) is 5.10 Å². The normalized spacial score (nSPS) is 18.8. The second kappa shape index (κ2) is 6.28. The Kier molecular flexibility index (Phi) is 4.80. The van der Waals surface area contributed by atoms with Gasteiger partial charge in [-0.3, -0.25) is 4.90 Å². The number of aryl methyl sites for hydroxylation is 1. The fourth-order valence-corrected chi connectivity index (χ4v) is 3.00. The van der Waals surface area contributed by atoms with Gasteiger partial charge < -0.3 is 9.84 Å². The molecular formula is C16H27N3O3. The van der Waals surface area contributed by atoms with E-state index < -0.39 is 5.60 Å². The number of rotatable bonds is 3. The van der Waals surface area contributed by atoms with Crippen LogP contribution in [0.15, 0.2) is 0 Å². The molecule has 1 N–H and O–H groups in total. The molecule has 1 aliphatic heterocycles. The van der Waals surface area contributed by atoms with Crippen molar-refractivity contribution in [2.75, 3.05) is 13.2 Å². The molecule has 1 aliphatic rings. The number of ether oxygens (including phenoxy) is 1. The van der Waals surface area contributed by atoms with E-state index in [0.717, 1.165) is 29.8 Å². The Balaban J connectivity index is 2.24. The number of aromatic nitrogens is 2. The Bertz CT molecular complexity index is 546. The molecule has 1 unspecified atom stereocenters. The first kappa shape index (κ1) is 16.8. The molecule has 0 aromatic carbocycles. The Morgan fingerprint density at radius 3 is 2.68 bits per heavy atom. The van der Waals surface area contributed by atoms with Gasteiger partial charge in [-0.1, -0.05) is 0 Å². The van der Waals surface area contributed by atoms with Crippen LogP contribution in [0.5, 0.6) is 0 Å². The number of carbonyl (C=O) groups excluding carboxylic acids is 1. The number of likely N-dealkylation sites (tertiary alicyclic amines) is 1. The van der Waals surface area contributed by atoms with E-state index in [-0.39, 0.29) is 18.9 Å². The standard InChI is InChI=1S/C16H27N3O3/c1-11-13(8-10-20)12(2)19(17-11)14-7-6-9-18(14)15(21)22-16(3,4)5/h14,20H,6-10H2,1-5H3. The van der Waals surface area contributed by atoms with Crippen molar-refractivity contribution in [2.45, 2.75) is 65.6 Å². The highest BCUT2D eigenvalue weighted by atomic mass is 16.6. The molecule has 1 amide bonds. The lowest BCUT2D eigenvalue weighted by Gasteiger charge is -2.29. The van der Waals surface area contributed by atoms with E-state index >= 15 is 0 Å². The molecule has 2 heterocycles. The zero-order valence-electron chi connectivity index (χ0n) is 14.2. The third-order valence-electron chi connectivity index (χ3n) is 3.97. The summed E-state index contributed by atoms with van der Waals surface area (Å²) in [5.74, 6) is 0. The molecule has 124 valence electrons. The van der Waals surface area contributed by atoms with Gasteiger partial charge in [-0.15, -0.1) is 0 Å². The van der Waals surface area contributed by atoms with Crippen LogP contribution in [0.4, 0.5) is 4.79 Å². The van der Waals surface area contributed by atoms with Crippen LogP contribution in [0.1, 0.15) is 56.7 Å². The Morgan fingerprint density at radius 2 is 2.09 bits per heavy atom. The lowest BCUT2D eigenvalue weighted by Crippen LogP contribution is -2.38. The molecule has 6 heteroatoms. The highest BCUT2D eigenvalue weighted by Crippen LogP contribution is 2.31. The summed E-state index contributed by atoms with van der Waals surface area (Å²) in [6.45, 7) is 10.4. The summed E-state index contributed by atoms with van der Waals surface area (Å²) >= 11 is 0. The van der Waals surface area contributed by atoms with Gasteiger partial charge in [0.15, 0.2) is 0 Å². The van der Waals surface area contributed by atoms with Crippen LogP contribution in [-0.4, -0.2) is 44.6 Å². The molecule has 1 aromatic heterocycles. The van der Waals surface area contributed by atoms with Gasteiger partial charge in [0, 0.05) is 18.8 Å². The highest BCUT2D eigenvalue weighted by molar-refractivity contribution is 5.68. The fraction of sp³-hybridized carbons (Fsp3) is 0.750. The summed E-state index contributed by atoms with van der Waals surface area (Å²) < 4.78 is 7.42. The van der Waals surface area contributed by atoms with Crippen LogP contribution in [0, 0.1) is 13.8 Å². The maximum atomic E-state index is 12.4. The van der Waals surface area contributed by atoms with Crippen molar-refractivity contribution in [3.05, 3.63) is 17.0 Å². The molecule has 1 atom stereocenters. The molecule has 0 radical (unpaired) electrons. The van der Waals surface area contributed by atoms with Crippen molar-refractivity contribution < 1.29 is 14.6 Å². The zero-order chi connectivity index (χ0) is 16.5. The maximum absolute atomic E-state index is 12.4.